The van der Waals surface area contributed by atoms with E-state index in [1.807, 2.05) is 6.08 Å². The first kappa shape index (κ1) is 16.6. The Labute approximate surface area is 158 Å². The number of thiophene rings is 1. The van der Waals surface area contributed by atoms with Crippen LogP contribution in [0.3, 0.4) is 0 Å². The minimum Gasteiger partial charge on any atom is -0.135 e. The van der Waals surface area contributed by atoms with Crippen molar-refractivity contribution in [2.75, 3.05) is 0 Å². The van der Waals surface area contributed by atoms with Crippen molar-refractivity contribution in [3.05, 3.63) is 88.1 Å². The molecule has 2 aromatic carbocycles. The second-order valence-corrected chi connectivity index (χ2v) is 7.80. The van der Waals surface area contributed by atoms with Gasteiger partial charge in [-0.1, -0.05) is 74.0 Å². The zero-order chi connectivity index (χ0) is 18.1. The number of hydrogen-bond donors (Lipinski definition) is 0. The van der Waals surface area contributed by atoms with Crippen molar-refractivity contribution in [2.24, 2.45) is 5.92 Å². The summed E-state index contributed by atoms with van der Waals surface area (Å²) in [5.74, 6) is 3.76. The monoisotopic (exact) mass is 352 g/mol. The van der Waals surface area contributed by atoms with Crippen LogP contribution in [-0.4, -0.2) is 0 Å². The second kappa shape index (κ2) is 6.83. The molecule has 0 radical (unpaired) electrons. The van der Waals surface area contributed by atoms with Crippen LogP contribution in [0.2, 0.25) is 0 Å². The average Bonchev–Trinajstić information content (AvgIpc) is 2.98. The van der Waals surface area contributed by atoms with Gasteiger partial charge in [0.15, 0.2) is 0 Å². The molecule has 4 rings (SSSR count). The van der Waals surface area contributed by atoms with Crippen molar-refractivity contribution in [1.29, 1.82) is 0 Å². The van der Waals surface area contributed by atoms with Crippen LogP contribution in [0.15, 0.2) is 67.3 Å². The Bertz CT molecular complexity index is 1180. The van der Waals surface area contributed by atoms with E-state index < -0.39 is 0 Å². The molecule has 3 aromatic rings. The normalized spacial score (nSPS) is 20.2. The molecule has 0 bridgehead atoms. The molecular weight excluding hydrogens is 332 g/mol. The van der Waals surface area contributed by atoms with E-state index >= 15 is 0 Å². The average molecular weight is 353 g/mol. The Morgan fingerprint density at radius 1 is 1.12 bits per heavy atom. The molecule has 0 spiro atoms. The third-order valence-corrected chi connectivity index (χ3v) is 6.18. The van der Waals surface area contributed by atoms with E-state index in [0.717, 1.165) is 10.8 Å². The van der Waals surface area contributed by atoms with Gasteiger partial charge in [0, 0.05) is 25.8 Å². The lowest BCUT2D eigenvalue weighted by Gasteiger charge is -2.28. The van der Waals surface area contributed by atoms with E-state index in [1.165, 1.54) is 25.7 Å². The third-order valence-electron chi connectivity index (χ3n) is 5.05. The molecule has 26 heavy (non-hydrogen) atoms. The summed E-state index contributed by atoms with van der Waals surface area (Å²) in [5.41, 5.74) is 3.61. The lowest BCUT2D eigenvalue weighted by molar-refractivity contribution is 0.582. The molecule has 1 aliphatic rings. The maximum atomic E-state index is 5.58. The molecule has 2 atom stereocenters. The van der Waals surface area contributed by atoms with Crippen molar-refractivity contribution >= 4 is 39.1 Å². The summed E-state index contributed by atoms with van der Waals surface area (Å²) in [4.78, 5) is 0. The first-order chi connectivity index (χ1) is 12.7. The highest BCUT2D eigenvalue weighted by molar-refractivity contribution is 7.17. The van der Waals surface area contributed by atoms with Gasteiger partial charge in [-0.05, 0) is 40.8 Å². The van der Waals surface area contributed by atoms with E-state index in [0.29, 0.717) is 11.8 Å². The topological polar surface area (TPSA) is 0 Å². The van der Waals surface area contributed by atoms with Crippen molar-refractivity contribution in [1.82, 2.24) is 0 Å². The summed E-state index contributed by atoms with van der Waals surface area (Å²) < 4.78 is 2.41. The van der Waals surface area contributed by atoms with E-state index in [9.17, 15) is 0 Å². The van der Waals surface area contributed by atoms with Crippen molar-refractivity contribution < 1.29 is 0 Å². The zero-order valence-electron chi connectivity index (χ0n) is 14.8. The SMILES string of the molecule is C#C/C=c1\c(=C/C(=C)c2ccccc2C2C=CC2C)sc2ccccc12. The van der Waals surface area contributed by atoms with Gasteiger partial charge in [-0.3, -0.25) is 0 Å². The second-order valence-electron chi connectivity index (χ2n) is 6.71. The first-order valence-electron chi connectivity index (χ1n) is 8.81. The number of allylic oxidation sites excluding steroid dienone is 3. The van der Waals surface area contributed by atoms with Crippen LogP contribution >= 0.6 is 11.3 Å². The van der Waals surface area contributed by atoms with Gasteiger partial charge >= 0.3 is 0 Å². The van der Waals surface area contributed by atoms with Crippen molar-refractivity contribution in [3.63, 3.8) is 0 Å². The van der Waals surface area contributed by atoms with Crippen LogP contribution in [0.25, 0.3) is 27.8 Å². The quantitative estimate of drug-likeness (QED) is 0.454. The van der Waals surface area contributed by atoms with Gasteiger partial charge in [0.25, 0.3) is 0 Å². The molecule has 0 nitrogen and oxygen atoms in total. The molecule has 0 fully saturated rings. The molecule has 0 N–H and O–H groups in total. The molecule has 126 valence electrons. The molecule has 1 aromatic heterocycles. The van der Waals surface area contributed by atoms with Crippen molar-refractivity contribution in [3.8, 4) is 12.3 Å². The Morgan fingerprint density at radius 2 is 1.88 bits per heavy atom. The third kappa shape index (κ3) is 2.83. The summed E-state index contributed by atoms with van der Waals surface area (Å²) in [7, 11) is 0. The summed E-state index contributed by atoms with van der Waals surface area (Å²) in [5, 5.41) is 2.32. The van der Waals surface area contributed by atoms with Crippen LogP contribution in [0, 0.1) is 18.3 Å². The number of terminal acetylenes is 1. The Kier molecular flexibility index (Phi) is 4.37. The Hall–Kier alpha value is -2.82. The van der Waals surface area contributed by atoms with Gasteiger partial charge in [0.1, 0.15) is 0 Å². The molecule has 1 heterocycles. The standard InChI is InChI=1S/C25H20S/c1-4-9-22-23-12-7-8-13-24(23)26-25(22)16-18(3)19-10-5-6-11-21(19)20-15-14-17(20)2/h1,5-17,20H,3H2,2H3/b22-9-,25-16+. The van der Waals surface area contributed by atoms with Gasteiger partial charge in [0.2, 0.25) is 0 Å². The minimum absolute atomic E-state index is 0.482. The van der Waals surface area contributed by atoms with E-state index in [4.69, 9.17) is 6.42 Å². The Morgan fingerprint density at radius 3 is 2.62 bits per heavy atom. The van der Waals surface area contributed by atoms with Crippen LogP contribution in [0.5, 0.6) is 0 Å². The summed E-state index contributed by atoms with van der Waals surface area (Å²) in [6.07, 6.45) is 14.2. The summed E-state index contributed by atoms with van der Waals surface area (Å²) >= 11 is 1.76. The van der Waals surface area contributed by atoms with Gasteiger partial charge in [-0.25, -0.2) is 0 Å². The maximum absolute atomic E-state index is 5.58. The van der Waals surface area contributed by atoms with Crippen LogP contribution in [-0.2, 0) is 0 Å². The number of hydrogen-bond acceptors (Lipinski definition) is 1. The van der Waals surface area contributed by atoms with Crippen LogP contribution < -0.4 is 9.75 Å². The molecule has 0 saturated heterocycles. The predicted molar refractivity (Wildman–Crippen MR) is 115 cm³/mol. The fraction of sp³-hybridized carbons (Fsp3) is 0.120. The van der Waals surface area contributed by atoms with Gasteiger partial charge in [0.05, 0.1) is 0 Å². The van der Waals surface area contributed by atoms with Gasteiger partial charge in [-0.15, -0.1) is 17.8 Å². The minimum atomic E-state index is 0.482. The number of benzene rings is 2. The summed E-state index contributed by atoms with van der Waals surface area (Å²) in [6, 6.07) is 17.0. The maximum Gasteiger partial charge on any atom is 0.0367 e. The highest BCUT2D eigenvalue weighted by Crippen LogP contribution is 2.38. The molecular formula is C25H20S. The molecule has 1 heteroatoms. The van der Waals surface area contributed by atoms with E-state index in [1.54, 1.807) is 11.3 Å². The van der Waals surface area contributed by atoms with Crippen molar-refractivity contribution in [2.45, 2.75) is 12.8 Å². The van der Waals surface area contributed by atoms with Gasteiger partial charge < -0.3 is 0 Å². The van der Waals surface area contributed by atoms with Crippen LogP contribution in [0.4, 0.5) is 0 Å². The molecule has 0 aliphatic heterocycles. The molecule has 1 aliphatic carbocycles. The molecule has 0 amide bonds. The highest BCUT2D eigenvalue weighted by atomic mass is 32.1. The molecule has 0 saturated carbocycles. The zero-order valence-corrected chi connectivity index (χ0v) is 15.6. The van der Waals surface area contributed by atoms with E-state index in [2.05, 4.69) is 86.2 Å². The summed E-state index contributed by atoms with van der Waals surface area (Å²) in [6.45, 7) is 6.64. The lowest BCUT2D eigenvalue weighted by Crippen LogP contribution is -2.19. The smallest absolute Gasteiger partial charge is 0.0367 e. The fourth-order valence-corrected chi connectivity index (χ4v) is 4.72. The number of rotatable bonds is 3. The fourth-order valence-electron chi connectivity index (χ4n) is 3.57. The Balaban J connectivity index is 1.87. The van der Waals surface area contributed by atoms with Gasteiger partial charge in [-0.2, -0.15) is 0 Å². The number of fused-ring (bicyclic) bond motifs is 1. The lowest BCUT2D eigenvalue weighted by atomic mass is 9.76. The molecule has 2 unspecified atom stereocenters. The van der Waals surface area contributed by atoms with E-state index in [-0.39, 0.29) is 0 Å². The first-order valence-corrected chi connectivity index (χ1v) is 9.63. The predicted octanol–water partition coefficient (Wildman–Crippen LogP) is 5.10. The van der Waals surface area contributed by atoms with Crippen LogP contribution in [0.1, 0.15) is 24.0 Å². The largest absolute Gasteiger partial charge is 0.135 e. The highest BCUT2D eigenvalue weighted by Gasteiger charge is 2.23.